The van der Waals surface area contributed by atoms with E-state index in [1.807, 2.05) is 35.4 Å². The molecule has 0 aliphatic heterocycles. The Morgan fingerprint density at radius 3 is 2.71 bits per heavy atom. The Morgan fingerprint density at radius 1 is 1.41 bits per heavy atom. The number of nitrogen functional groups attached to an aromatic ring is 1. The van der Waals surface area contributed by atoms with Gasteiger partial charge < -0.3 is 10.3 Å². The van der Waals surface area contributed by atoms with Crippen molar-refractivity contribution in [2.75, 3.05) is 5.73 Å². The third-order valence-corrected chi connectivity index (χ3v) is 3.09. The maximum Gasteiger partial charge on any atom is 0.122 e. The quantitative estimate of drug-likeness (QED) is 0.865. The van der Waals surface area contributed by atoms with Gasteiger partial charge in [-0.25, -0.2) is 0 Å². The highest BCUT2D eigenvalue weighted by atomic mass is 15.3. The minimum atomic E-state index is 0.551. The van der Waals surface area contributed by atoms with Gasteiger partial charge in [-0.3, -0.25) is 4.68 Å². The largest absolute Gasteiger partial charge is 0.384 e. The van der Waals surface area contributed by atoms with Crippen molar-refractivity contribution in [3.05, 3.63) is 35.3 Å². The molecule has 0 unspecified atom stereocenters. The summed E-state index contributed by atoms with van der Waals surface area (Å²) < 4.78 is 3.82. The van der Waals surface area contributed by atoms with Gasteiger partial charge in [0.15, 0.2) is 0 Å². The molecule has 5 nitrogen and oxygen atoms in total. The molecular weight excluding hydrogens is 214 g/mol. The molecule has 2 aromatic rings. The Morgan fingerprint density at radius 2 is 2.18 bits per heavy atom. The lowest BCUT2D eigenvalue weighted by Crippen LogP contribution is -2.11. The first-order valence-electron chi connectivity index (χ1n) is 5.48. The van der Waals surface area contributed by atoms with Gasteiger partial charge in [0.05, 0.1) is 12.1 Å². The molecule has 0 radical (unpaired) electrons. The Balaban J connectivity index is 2.25. The molecule has 0 amide bonds. The smallest absolute Gasteiger partial charge is 0.122 e. The highest BCUT2D eigenvalue weighted by molar-refractivity contribution is 5.57. The van der Waals surface area contributed by atoms with Gasteiger partial charge in [-0.15, -0.1) is 0 Å². The number of hydrogen-bond donors (Lipinski definition) is 1. The van der Waals surface area contributed by atoms with Crippen LogP contribution in [0.25, 0.3) is 0 Å². The predicted molar refractivity (Wildman–Crippen MR) is 65.3 cm³/mol. The first-order valence-corrected chi connectivity index (χ1v) is 5.48. The zero-order valence-electron chi connectivity index (χ0n) is 10.0. The highest BCUT2D eigenvalue weighted by Gasteiger charge is 2.14. The summed E-state index contributed by atoms with van der Waals surface area (Å²) >= 11 is 0. The number of nitrogens with two attached hydrogens (primary N) is 1. The number of nitrogens with zero attached hydrogens (tertiary/aromatic N) is 4. The van der Waals surface area contributed by atoms with Gasteiger partial charge in [0.25, 0.3) is 0 Å². The van der Waals surface area contributed by atoms with E-state index in [2.05, 4.69) is 11.2 Å². The topological polar surface area (TPSA) is 72.6 Å². The second-order valence-corrected chi connectivity index (χ2v) is 4.00. The SMILES string of the molecule is Cc1c(C#N)c(N)n(CCn2cccn2)c1C. The van der Waals surface area contributed by atoms with Gasteiger partial charge in [0.2, 0.25) is 0 Å². The lowest BCUT2D eigenvalue weighted by atomic mass is 10.2. The molecule has 0 aliphatic carbocycles. The number of aryl methyl sites for hydroxylation is 1. The van der Waals surface area contributed by atoms with Crippen LogP contribution in [-0.2, 0) is 13.1 Å². The minimum absolute atomic E-state index is 0.551. The summed E-state index contributed by atoms with van der Waals surface area (Å²) in [6.07, 6.45) is 3.66. The maximum absolute atomic E-state index is 9.03. The van der Waals surface area contributed by atoms with Crippen LogP contribution in [-0.4, -0.2) is 14.3 Å². The van der Waals surface area contributed by atoms with Gasteiger partial charge in [0, 0.05) is 24.6 Å². The van der Waals surface area contributed by atoms with Crippen LogP contribution in [0.4, 0.5) is 5.82 Å². The van der Waals surface area contributed by atoms with Gasteiger partial charge >= 0.3 is 0 Å². The Kier molecular flexibility index (Phi) is 2.88. The number of anilines is 1. The molecule has 2 rings (SSSR count). The first-order chi connectivity index (χ1) is 8.15. The molecule has 0 bridgehead atoms. The lowest BCUT2D eigenvalue weighted by molar-refractivity contribution is 0.532. The molecule has 0 aliphatic rings. The summed E-state index contributed by atoms with van der Waals surface area (Å²) in [4.78, 5) is 0. The van der Waals surface area contributed by atoms with E-state index < -0.39 is 0 Å². The molecule has 88 valence electrons. The van der Waals surface area contributed by atoms with E-state index in [9.17, 15) is 0 Å². The average molecular weight is 229 g/mol. The van der Waals surface area contributed by atoms with Crippen molar-refractivity contribution in [3.8, 4) is 6.07 Å². The van der Waals surface area contributed by atoms with Crippen LogP contribution in [0.15, 0.2) is 18.5 Å². The fraction of sp³-hybridized carbons (Fsp3) is 0.333. The van der Waals surface area contributed by atoms with Crippen LogP contribution in [0, 0.1) is 25.2 Å². The van der Waals surface area contributed by atoms with Crippen LogP contribution in [0.5, 0.6) is 0 Å². The summed E-state index contributed by atoms with van der Waals surface area (Å²) in [6, 6.07) is 4.04. The molecule has 2 heterocycles. The van der Waals surface area contributed by atoms with Crippen LogP contribution >= 0.6 is 0 Å². The normalized spacial score (nSPS) is 10.4. The minimum Gasteiger partial charge on any atom is -0.384 e. The molecule has 0 saturated carbocycles. The fourth-order valence-electron chi connectivity index (χ4n) is 1.96. The Labute approximate surface area is 100 Å². The maximum atomic E-state index is 9.03. The van der Waals surface area contributed by atoms with Crippen LogP contribution in [0.1, 0.15) is 16.8 Å². The number of nitriles is 1. The molecule has 0 atom stereocenters. The number of hydrogen-bond acceptors (Lipinski definition) is 3. The van der Waals surface area contributed by atoms with Crippen molar-refractivity contribution in [2.24, 2.45) is 0 Å². The van der Waals surface area contributed by atoms with E-state index in [4.69, 9.17) is 11.0 Å². The van der Waals surface area contributed by atoms with Crippen molar-refractivity contribution in [3.63, 3.8) is 0 Å². The summed E-state index contributed by atoms with van der Waals surface area (Å²) in [5, 5.41) is 13.2. The number of rotatable bonds is 3. The second kappa shape index (κ2) is 4.34. The second-order valence-electron chi connectivity index (χ2n) is 4.00. The summed E-state index contributed by atoms with van der Waals surface area (Å²) in [5.41, 5.74) is 8.56. The van der Waals surface area contributed by atoms with Crippen molar-refractivity contribution in [2.45, 2.75) is 26.9 Å². The molecule has 0 fully saturated rings. The summed E-state index contributed by atoms with van der Waals surface area (Å²) in [5.74, 6) is 0.551. The predicted octanol–water partition coefficient (Wildman–Crippen LogP) is 1.46. The van der Waals surface area contributed by atoms with Crippen molar-refractivity contribution >= 4 is 5.82 Å². The van der Waals surface area contributed by atoms with Crippen molar-refractivity contribution in [1.29, 1.82) is 5.26 Å². The van der Waals surface area contributed by atoms with Crippen molar-refractivity contribution in [1.82, 2.24) is 14.3 Å². The van der Waals surface area contributed by atoms with E-state index in [0.717, 1.165) is 24.3 Å². The summed E-state index contributed by atoms with van der Waals surface area (Å²) in [7, 11) is 0. The third-order valence-electron chi connectivity index (χ3n) is 3.09. The average Bonchev–Trinajstić information content (AvgIpc) is 2.88. The number of aromatic nitrogens is 3. The molecular formula is C12H15N5. The highest BCUT2D eigenvalue weighted by Crippen LogP contribution is 2.23. The molecule has 2 N–H and O–H groups in total. The monoisotopic (exact) mass is 229 g/mol. The molecule has 2 aromatic heterocycles. The van der Waals surface area contributed by atoms with Crippen molar-refractivity contribution < 1.29 is 0 Å². The van der Waals surface area contributed by atoms with Crippen LogP contribution in [0.2, 0.25) is 0 Å². The van der Waals surface area contributed by atoms with Gasteiger partial charge in [-0.2, -0.15) is 10.4 Å². The lowest BCUT2D eigenvalue weighted by Gasteiger charge is -2.09. The van der Waals surface area contributed by atoms with E-state index >= 15 is 0 Å². The molecule has 17 heavy (non-hydrogen) atoms. The van der Waals surface area contributed by atoms with E-state index in [1.54, 1.807) is 6.20 Å². The molecule has 0 saturated heterocycles. The van der Waals surface area contributed by atoms with Crippen LogP contribution in [0.3, 0.4) is 0 Å². The van der Waals surface area contributed by atoms with E-state index in [0.29, 0.717) is 11.4 Å². The van der Waals surface area contributed by atoms with E-state index in [1.165, 1.54) is 0 Å². The van der Waals surface area contributed by atoms with Gasteiger partial charge in [-0.05, 0) is 25.5 Å². The summed E-state index contributed by atoms with van der Waals surface area (Å²) in [6.45, 7) is 5.38. The fourth-order valence-corrected chi connectivity index (χ4v) is 1.96. The van der Waals surface area contributed by atoms with Gasteiger partial charge in [-0.1, -0.05) is 0 Å². The van der Waals surface area contributed by atoms with Gasteiger partial charge in [0.1, 0.15) is 11.9 Å². The Hall–Kier alpha value is -2.22. The zero-order chi connectivity index (χ0) is 12.4. The third kappa shape index (κ3) is 1.89. The van der Waals surface area contributed by atoms with E-state index in [-0.39, 0.29) is 0 Å². The Bertz CT molecular complexity index is 557. The molecule has 5 heteroatoms. The first kappa shape index (κ1) is 11.3. The molecule has 0 aromatic carbocycles. The zero-order valence-corrected chi connectivity index (χ0v) is 10.0. The standard InChI is InChI=1S/C12H15N5/c1-9-10(2)17(12(14)11(9)8-13)7-6-16-5-3-4-15-16/h3-5H,6-7,14H2,1-2H3. The van der Waals surface area contributed by atoms with Crippen LogP contribution < -0.4 is 5.73 Å². The molecule has 0 spiro atoms.